The van der Waals surface area contributed by atoms with Crippen molar-refractivity contribution < 1.29 is 4.42 Å². The van der Waals surface area contributed by atoms with E-state index in [0.717, 1.165) is 88.6 Å². The van der Waals surface area contributed by atoms with Crippen molar-refractivity contribution >= 4 is 71.6 Å². The van der Waals surface area contributed by atoms with Crippen LogP contribution in [0, 0.1) is 0 Å². The van der Waals surface area contributed by atoms with Gasteiger partial charge < -0.3 is 9.32 Å². The maximum Gasteiger partial charge on any atom is 0.238 e. The number of anilines is 3. The van der Waals surface area contributed by atoms with E-state index in [1.807, 2.05) is 54.6 Å². The predicted octanol–water partition coefficient (Wildman–Crippen LogP) is 16.2. The van der Waals surface area contributed by atoms with Crippen LogP contribution in [0.4, 0.5) is 17.1 Å². The summed E-state index contributed by atoms with van der Waals surface area (Å²) < 4.78 is 8.59. The maximum atomic E-state index is 6.37. The second kappa shape index (κ2) is 15.8. The van der Waals surface area contributed by atoms with Crippen molar-refractivity contribution in [2.45, 2.75) is 0 Å². The standard InChI is InChI=1S/C61H39N5O/c1-4-14-40(15-5-1)46-28-33-51-52-35-32-50(65(48-20-8-3-9-21-48)49-30-26-42(27-31-49)45-25-24-41-16-10-11-19-44(41)36-45)39-56(52)66(55(51)37-46)61-63-59(43-17-6-2-7-18-43)62-60(64-61)47-29-34-54-53-22-12-13-23-57(53)67-58(54)38-47/h1-39H. The van der Waals surface area contributed by atoms with Crippen LogP contribution in [-0.2, 0) is 0 Å². The van der Waals surface area contributed by atoms with E-state index in [0.29, 0.717) is 17.6 Å². The lowest BCUT2D eigenvalue weighted by atomic mass is 10.0. The number of rotatable bonds is 8. The number of benzene rings is 10. The Bertz CT molecular complexity index is 3970. The lowest BCUT2D eigenvalue weighted by molar-refractivity contribution is 0.669. The number of hydrogen-bond acceptors (Lipinski definition) is 5. The van der Waals surface area contributed by atoms with Gasteiger partial charge in [-0.1, -0.05) is 170 Å². The minimum atomic E-state index is 0.516. The summed E-state index contributed by atoms with van der Waals surface area (Å²) in [5.41, 5.74) is 13.0. The number of para-hydroxylation sites is 2. The number of furan rings is 1. The highest BCUT2D eigenvalue weighted by molar-refractivity contribution is 6.11. The molecule has 0 saturated carbocycles. The average molecular weight is 858 g/mol. The van der Waals surface area contributed by atoms with Crippen molar-refractivity contribution in [3.8, 4) is 51.0 Å². The number of hydrogen-bond donors (Lipinski definition) is 0. The first kappa shape index (κ1) is 38.3. The molecule has 13 aromatic rings. The van der Waals surface area contributed by atoms with E-state index in [9.17, 15) is 0 Å². The van der Waals surface area contributed by atoms with Gasteiger partial charge in [-0.2, -0.15) is 9.97 Å². The van der Waals surface area contributed by atoms with Gasteiger partial charge in [0.05, 0.1) is 11.0 Å². The highest BCUT2D eigenvalue weighted by Gasteiger charge is 2.22. The molecule has 3 aromatic heterocycles. The second-order valence-electron chi connectivity index (χ2n) is 16.9. The van der Waals surface area contributed by atoms with Crippen molar-refractivity contribution in [2.75, 3.05) is 4.90 Å². The molecule has 13 rings (SSSR count). The van der Waals surface area contributed by atoms with E-state index in [1.165, 1.54) is 16.3 Å². The molecule has 0 aliphatic rings. The first-order valence-corrected chi connectivity index (χ1v) is 22.5. The lowest BCUT2D eigenvalue weighted by Crippen LogP contribution is -2.10. The van der Waals surface area contributed by atoms with Crippen LogP contribution in [0.15, 0.2) is 241 Å². The van der Waals surface area contributed by atoms with Gasteiger partial charge in [0.15, 0.2) is 11.6 Å². The zero-order valence-electron chi connectivity index (χ0n) is 36.2. The predicted molar refractivity (Wildman–Crippen MR) is 275 cm³/mol. The van der Waals surface area contributed by atoms with Crippen LogP contribution in [0.25, 0.3) is 105 Å². The minimum absolute atomic E-state index is 0.516. The molecule has 6 heteroatoms. The third-order valence-corrected chi connectivity index (χ3v) is 12.8. The Labute approximate surface area is 386 Å². The fourth-order valence-corrected chi connectivity index (χ4v) is 9.54. The van der Waals surface area contributed by atoms with E-state index >= 15 is 0 Å². The van der Waals surface area contributed by atoms with Crippen LogP contribution in [0.5, 0.6) is 0 Å². The van der Waals surface area contributed by atoms with Crippen LogP contribution in [0.1, 0.15) is 0 Å². The van der Waals surface area contributed by atoms with E-state index in [4.69, 9.17) is 19.4 Å². The highest BCUT2D eigenvalue weighted by Crippen LogP contribution is 2.41. The summed E-state index contributed by atoms with van der Waals surface area (Å²) in [6, 6.07) is 83.0. The molecular weight excluding hydrogens is 819 g/mol. The summed E-state index contributed by atoms with van der Waals surface area (Å²) >= 11 is 0. The van der Waals surface area contributed by atoms with Crippen molar-refractivity contribution in [3.63, 3.8) is 0 Å². The Morgan fingerprint density at radius 2 is 0.836 bits per heavy atom. The Balaban J connectivity index is 1.02. The van der Waals surface area contributed by atoms with Crippen molar-refractivity contribution in [1.29, 1.82) is 0 Å². The zero-order chi connectivity index (χ0) is 44.3. The quantitative estimate of drug-likeness (QED) is 0.152. The molecule has 0 aliphatic heterocycles. The highest BCUT2D eigenvalue weighted by atomic mass is 16.3. The Morgan fingerprint density at radius 3 is 1.63 bits per heavy atom. The summed E-state index contributed by atoms with van der Waals surface area (Å²) in [5.74, 6) is 1.64. The molecule has 0 unspecified atom stereocenters. The molecule has 0 fully saturated rings. The molecule has 0 radical (unpaired) electrons. The molecule has 10 aromatic carbocycles. The number of nitrogens with zero attached hydrogens (tertiary/aromatic N) is 5. The number of fused-ring (bicyclic) bond motifs is 7. The van der Waals surface area contributed by atoms with Gasteiger partial charge in [-0.15, -0.1) is 0 Å². The molecule has 6 nitrogen and oxygen atoms in total. The fourth-order valence-electron chi connectivity index (χ4n) is 9.54. The molecule has 0 aliphatic carbocycles. The SMILES string of the molecule is c1ccc(-c2ccc3c4ccc(N(c5ccccc5)c5ccc(-c6ccc7ccccc7c6)cc5)cc4n(-c4nc(-c5ccccc5)nc(-c5ccc6c(c5)oc5ccccc56)n4)c3c2)cc1. The van der Waals surface area contributed by atoms with Gasteiger partial charge in [0.2, 0.25) is 5.95 Å². The Hall–Kier alpha value is -9.13. The summed E-state index contributed by atoms with van der Waals surface area (Å²) in [6.07, 6.45) is 0. The summed E-state index contributed by atoms with van der Waals surface area (Å²) in [7, 11) is 0. The van der Waals surface area contributed by atoms with E-state index in [2.05, 4.69) is 191 Å². The van der Waals surface area contributed by atoms with Gasteiger partial charge in [0, 0.05) is 49.7 Å². The molecular formula is C61H39N5O. The molecule has 0 atom stereocenters. The first-order chi connectivity index (χ1) is 33.2. The maximum absolute atomic E-state index is 6.37. The van der Waals surface area contributed by atoms with E-state index in [1.54, 1.807) is 0 Å². The third-order valence-electron chi connectivity index (χ3n) is 12.8. The van der Waals surface area contributed by atoms with Gasteiger partial charge >= 0.3 is 0 Å². The van der Waals surface area contributed by atoms with Gasteiger partial charge in [-0.25, -0.2) is 4.98 Å². The molecule has 3 heterocycles. The van der Waals surface area contributed by atoms with Crippen LogP contribution >= 0.6 is 0 Å². The van der Waals surface area contributed by atoms with E-state index < -0.39 is 0 Å². The Morgan fingerprint density at radius 1 is 0.313 bits per heavy atom. The smallest absolute Gasteiger partial charge is 0.238 e. The van der Waals surface area contributed by atoms with Gasteiger partial charge in [0.25, 0.3) is 0 Å². The second-order valence-corrected chi connectivity index (χ2v) is 16.9. The van der Waals surface area contributed by atoms with Crippen LogP contribution in [0.2, 0.25) is 0 Å². The van der Waals surface area contributed by atoms with Gasteiger partial charge in [0.1, 0.15) is 11.2 Å². The largest absolute Gasteiger partial charge is 0.456 e. The number of aromatic nitrogens is 4. The third kappa shape index (κ3) is 6.78. The van der Waals surface area contributed by atoms with Crippen LogP contribution in [0.3, 0.4) is 0 Å². The minimum Gasteiger partial charge on any atom is -0.456 e. The lowest BCUT2D eigenvalue weighted by Gasteiger charge is -2.26. The molecule has 0 saturated heterocycles. The van der Waals surface area contributed by atoms with E-state index in [-0.39, 0.29) is 0 Å². The Kier molecular flexibility index (Phi) is 9.06. The molecule has 67 heavy (non-hydrogen) atoms. The molecule has 0 bridgehead atoms. The normalized spacial score (nSPS) is 11.6. The monoisotopic (exact) mass is 857 g/mol. The molecule has 0 spiro atoms. The summed E-state index contributed by atoms with van der Waals surface area (Å²) in [5, 5.41) is 6.76. The van der Waals surface area contributed by atoms with Gasteiger partial charge in [-0.05, 0) is 99.8 Å². The molecule has 314 valence electrons. The van der Waals surface area contributed by atoms with Gasteiger partial charge in [-0.3, -0.25) is 4.57 Å². The first-order valence-electron chi connectivity index (χ1n) is 22.5. The fraction of sp³-hybridized carbons (Fsp3) is 0. The molecule has 0 N–H and O–H groups in total. The van der Waals surface area contributed by atoms with Crippen molar-refractivity contribution in [1.82, 2.24) is 19.5 Å². The zero-order valence-corrected chi connectivity index (χ0v) is 36.2. The summed E-state index contributed by atoms with van der Waals surface area (Å²) in [4.78, 5) is 18.2. The van der Waals surface area contributed by atoms with Crippen LogP contribution < -0.4 is 4.90 Å². The topological polar surface area (TPSA) is 60.0 Å². The summed E-state index contributed by atoms with van der Waals surface area (Å²) in [6.45, 7) is 0. The average Bonchev–Trinajstić information content (AvgIpc) is 3.94. The molecule has 0 amide bonds. The van der Waals surface area contributed by atoms with Crippen LogP contribution in [-0.4, -0.2) is 19.5 Å². The van der Waals surface area contributed by atoms with Crippen molar-refractivity contribution in [2.24, 2.45) is 0 Å². The van der Waals surface area contributed by atoms with Crippen molar-refractivity contribution in [3.05, 3.63) is 237 Å².